The summed E-state index contributed by atoms with van der Waals surface area (Å²) in [6, 6.07) is 13.5. The normalized spacial score (nSPS) is 18.4. The highest BCUT2D eigenvalue weighted by atomic mass is 16.5. The number of fused-ring (bicyclic) bond motifs is 1. The maximum atomic E-state index is 12.2. The number of nitrogens with zero attached hydrogens (tertiary/aromatic N) is 1. The number of aliphatic hydroxyl groups excluding tert-OH is 1. The monoisotopic (exact) mass is 301 g/mol. The zero-order valence-corrected chi connectivity index (χ0v) is 12.3. The highest BCUT2D eigenvalue weighted by Crippen LogP contribution is 2.20. The average molecular weight is 301 g/mol. The van der Waals surface area contributed by atoms with E-state index in [1.54, 1.807) is 4.90 Å². The summed E-state index contributed by atoms with van der Waals surface area (Å²) in [6.07, 6.45) is 0. The standard InChI is InChI=1S/C17H19NO4/c19-10-15-11-21-8-7-18(15)17(20)12-22-16-6-5-13-3-1-2-4-14(13)9-16/h1-6,9,15,19H,7-8,10-12H2/t15-/m1/s1. The number of carbonyl (C=O) groups is 1. The summed E-state index contributed by atoms with van der Waals surface area (Å²) < 4.78 is 10.9. The van der Waals surface area contributed by atoms with E-state index in [2.05, 4.69) is 0 Å². The number of benzene rings is 2. The molecule has 116 valence electrons. The van der Waals surface area contributed by atoms with Gasteiger partial charge in [-0.3, -0.25) is 4.79 Å². The number of morpholine rings is 1. The molecule has 0 unspecified atom stereocenters. The summed E-state index contributed by atoms with van der Waals surface area (Å²) in [4.78, 5) is 13.9. The van der Waals surface area contributed by atoms with Crippen LogP contribution in [0.4, 0.5) is 0 Å². The van der Waals surface area contributed by atoms with Crippen molar-refractivity contribution >= 4 is 16.7 Å². The zero-order valence-electron chi connectivity index (χ0n) is 12.3. The quantitative estimate of drug-likeness (QED) is 0.928. The Bertz CT molecular complexity index is 658. The van der Waals surface area contributed by atoms with Gasteiger partial charge >= 0.3 is 0 Å². The predicted octanol–water partition coefficient (Wildman–Crippen LogP) is 1.44. The molecule has 5 heteroatoms. The van der Waals surface area contributed by atoms with E-state index < -0.39 is 0 Å². The molecular formula is C17H19NO4. The highest BCUT2D eigenvalue weighted by molar-refractivity contribution is 5.84. The van der Waals surface area contributed by atoms with Crippen molar-refractivity contribution in [2.45, 2.75) is 6.04 Å². The van der Waals surface area contributed by atoms with Gasteiger partial charge in [0, 0.05) is 6.54 Å². The van der Waals surface area contributed by atoms with Crippen molar-refractivity contribution < 1.29 is 19.4 Å². The van der Waals surface area contributed by atoms with Gasteiger partial charge < -0.3 is 19.5 Å². The van der Waals surface area contributed by atoms with Gasteiger partial charge in [0.15, 0.2) is 6.61 Å². The molecule has 22 heavy (non-hydrogen) atoms. The minimum Gasteiger partial charge on any atom is -0.484 e. The lowest BCUT2D eigenvalue weighted by Gasteiger charge is -2.34. The van der Waals surface area contributed by atoms with Gasteiger partial charge in [0.1, 0.15) is 5.75 Å². The van der Waals surface area contributed by atoms with Crippen LogP contribution in [0.2, 0.25) is 0 Å². The molecule has 1 amide bonds. The van der Waals surface area contributed by atoms with E-state index in [0.29, 0.717) is 25.5 Å². The van der Waals surface area contributed by atoms with Crippen molar-refractivity contribution in [2.75, 3.05) is 33.0 Å². The lowest BCUT2D eigenvalue weighted by molar-refractivity contribution is -0.143. The molecule has 1 heterocycles. The first-order valence-electron chi connectivity index (χ1n) is 7.37. The number of hydrogen-bond donors (Lipinski definition) is 1. The number of aliphatic hydroxyl groups is 1. The van der Waals surface area contributed by atoms with E-state index in [1.807, 2.05) is 42.5 Å². The fraction of sp³-hybridized carbons (Fsp3) is 0.353. The molecule has 2 aromatic rings. The van der Waals surface area contributed by atoms with Crippen molar-refractivity contribution in [3.05, 3.63) is 42.5 Å². The van der Waals surface area contributed by atoms with Crippen molar-refractivity contribution in [1.29, 1.82) is 0 Å². The Morgan fingerprint density at radius 1 is 1.27 bits per heavy atom. The van der Waals surface area contributed by atoms with Crippen LogP contribution < -0.4 is 4.74 Å². The molecule has 1 saturated heterocycles. The van der Waals surface area contributed by atoms with Gasteiger partial charge in [-0.2, -0.15) is 0 Å². The summed E-state index contributed by atoms with van der Waals surface area (Å²) in [5.41, 5.74) is 0. The smallest absolute Gasteiger partial charge is 0.260 e. The number of ether oxygens (including phenoxy) is 2. The van der Waals surface area contributed by atoms with Gasteiger partial charge in [0.05, 0.1) is 25.9 Å². The number of hydrogen-bond acceptors (Lipinski definition) is 4. The van der Waals surface area contributed by atoms with Crippen LogP contribution in [0.15, 0.2) is 42.5 Å². The van der Waals surface area contributed by atoms with Gasteiger partial charge in [-0.05, 0) is 22.9 Å². The Labute approximate surface area is 129 Å². The number of amides is 1. The van der Waals surface area contributed by atoms with Gasteiger partial charge in [0.25, 0.3) is 5.91 Å². The molecule has 1 aliphatic heterocycles. The van der Waals surface area contributed by atoms with Gasteiger partial charge in [-0.15, -0.1) is 0 Å². The highest BCUT2D eigenvalue weighted by Gasteiger charge is 2.26. The fourth-order valence-corrected chi connectivity index (χ4v) is 2.62. The van der Waals surface area contributed by atoms with Crippen LogP contribution in [0.25, 0.3) is 10.8 Å². The van der Waals surface area contributed by atoms with Crippen LogP contribution >= 0.6 is 0 Å². The zero-order chi connectivity index (χ0) is 15.4. The van der Waals surface area contributed by atoms with E-state index in [0.717, 1.165) is 10.8 Å². The third-order valence-electron chi connectivity index (χ3n) is 3.84. The van der Waals surface area contributed by atoms with Crippen LogP contribution in [0.5, 0.6) is 5.75 Å². The molecule has 0 spiro atoms. The Morgan fingerprint density at radius 3 is 2.91 bits per heavy atom. The second-order valence-electron chi connectivity index (χ2n) is 5.30. The Hall–Kier alpha value is -2.11. The Morgan fingerprint density at radius 2 is 2.09 bits per heavy atom. The SMILES string of the molecule is O=C(COc1ccc2ccccc2c1)N1CCOC[C@H]1CO. The van der Waals surface area contributed by atoms with Crippen LogP contribution in [-0.2, 0) is 9.53 Å². The first-order chi connectivity index (χ1) is 10.8. The summed E-state index contributed by atoms with van der Waals surface area (Å²) >= 11 is 0. The topological polar surface area (TPSA) is 59.0 Å². The summed E-state index contributed by atoms with van der Waals surface area (Å²) in [5, 5.41) is 11.5. The number of rotatable bonds is 4. The molecular weight excluding hydrogens is 282 g/mol. The second kappa shape index (κ2) is 6.77. The largest absolute Gasteiger partial charge is 0.484 e. The van der Waals surface area contributed by atoms with E-state index in [1.165, 1.54) is 0 Å². The Kier molecular flexibility index (Phi) is 4.56. The molecule has 5 nitrogen and oxygen atoms in total. The first kappa shape index (κ1) is 14.8. The van der Waals surface area contributed by atoms with Gasteiger partial charge in [0.2, 0.25) is 0 Å². The van der Waals surface area contributed by atoms with Gasteiger partial charge in [-0.1, -0.05) is 30.3 Å². The molecule has 1 N–H and O–H groups in total. The summed E-state index contributed by atoms with van der Waals surface area (Å²) in [7, 11) is 0. The molecule has 2 aromatic carbocycles. The minimum atomic E-state index is -0.276. The molecule has 0 aliphatic carbocycles. The third-order valence-corrected chi connectivity index (χ3v) is 3.84. The van der Waals surface area contributed by atoms with E-state index in [4.69, 9.17) is 9.47 Å². The maximum absolute atomic E-state index is 12.2. The van der Waals surface area contributed by atoms with E-state index >= 15 is 0 Å². The molecule has 0 aromatic heterocycles. The Balaban J connectivity index is 1.64. The van der Waals surface area contributed by atoms with Crippen molar-refractivity contribution in [3.8, 4) is 5.75 Å². The lowest BCUT2D eigenvalue weighted by Crippen LogP contribution is -2.51. The predicted molar refractivity (Wildman–Crippen MR) is 82.8 cm³/mol. The number of carbonyl (C=O) groups excluding carboxylic acids is 1. The lowest BCUT2D eigenvalue weighted by atomic mass is 10.1. The molecule has 1 atom stereocenters. The van der Waals surface area contributed by atoms with Crippen LogP contribution in [0.1, 0.15) is 0 Å². The van der Waals surface area contributed by atoms with Crippen LogP contribution in [-0.4, -0.2) is 54.9 Å². The van der Waals surface area contributed by atoms with Crippen LogP contribution in [0, 0.1) is 0 Å². The van der Waals surface area contributed by atoms with E-state index in [9.17, 15) is 9.90 Å². The van der Waals surface area contributed by atoms with Crippen LogP contribution in [0.3, 0.4) is 0 Å². The first-order valence-corrected chi connectivity index (χ1v) is 7.37. The molecule has 1 aliphatic rings. The summed E-state index contributed by atoms with van der Waals surface area (Å²) in [6.45, 7) is 1.23. The van der Waals surface area contributed by atoms with Gasteiger partial charge in [-0.25, -0.2) is 0 Å². The van der Waals surface area contributed by atoms with Crippen molar-refractivity contribution in [2.24, 2.45) is 0 Å². The molecule has 1 fully saturated rings. The average Bonchev–Trinajstić information content (AvgIpc) is 2.59. The molecule has 0 bridgehead atoms. The maximum Gasteiger partial charge on any atom is 0.260 e. The molecule has 0 saturated carbocycles. The van der Waals surface area contributed by atoms with Crippen molar-refractivity contribution in [1.82, 2.24) is 4.90 Å². The van der Waals surface area contributed by atoms with E-state index in [-0.39, 0.29) is 25.2 Å². The fourth-order valence-electron chi connectivity index (χ4n) is 2.62. The summed E-state index contributed by atoms with van der Waals surface area (Å²) in [5.74, 6) is 0.538. The van der Waals surface area contributed by atoms with Crippen molar-refractivity contribution in [3.63, 3.8) is 0 Å². The third kappa shape index (κ3) is 3.21. The molecule has 3 rings (SSSR count). The molecule has 0 radical (unpaired) electrons. The minimum absolute atomic E-state index is 0.0329. The second-order valence-corrected chi connectivity index (χ2v) is 5.30.